The quantitative estimate of drug-likeness (QED) is 0.849. The van der Waals surface area contributed by atoms with Crippen LogP contribution in [-0.2, 0) is 0 Å². The van der Waals surface area contributed by atoms with Crippen LogP contribution in [-0.4, -0.2) is 19.0 Å². The summed E-state index contributed by atoms with van der Waals surface area (Å²) in [6.45, 7) is 2.94. The highest BCUT2D eigenvalue weighted by Crippen LogP contribution is 2.31. The molecule has 1 heterocycles. The molecule has 0 aromatic heterocycles. The van der Waals surface area contributed by atoms with E-state index in [2.05, 4.69) is 10.3 Å². The van der Waals surface area contributed by atoms with E-state index >= 15 is 0 Å². The largest absolute Gasteiger partial charge is 0.492 e. The maximum Gasteiger partial charge on any atom is 0.146 e. The van der Waals surface area contributed by atoms with Crippen molar-refractivity contribution in [3.05, 3.63) is 42.5 Å². The fourth-order valence-electron chi connectivity index (χ4n) is 2.14. The van der Waals surface area contributed by atoms with E-state index in [4.69, 9.17) is 15.2 Å². The second kappa shape index (κ2) is 5.75. The standard InChI is InChI=1S/C16H17N3O2/c1-2-20-14-6-4-3-5-12(14)18-16-10-21-15-8-7-11(17)9-13(15)19-16/h3-9H,2,10,17H2,1H3,(H,18,19). The lowest BCUT2D eigenvalue weighted by atomic mass is 10.2. The second-order valence-electron chi connectivity index (χ2n) is 4.63. The molecule has 21 heavy (non-hydrogen) atoms. The van der Waals surface area contributed by atoms with Crippen molar-refractivity contribution < 1.29 is 9.47 Å². The van der Waals surface area contributed by atoms with Crippen LogP contribution in [0, 0.1) is 0 Å². The average Bonchev–Trinajstić information content (AvgIpc) is 2.49. The topological polar surface area (TPSA) is 68.9 Å². The Balaban J connectivity index is 1.88. The predicted octanol–water partition coefficient (Wildman–Crippen LogP) is 3.20. The van der Waals surface area contributed by atoms with Crippen LogP contribution < -0.4 is 20.5 Å². The van der Waals surface area contributed by atoms with Gasteiger partial charge in [0.25, 0.3) is 0 Å². The highest BCUT2D eigenvalue weighted by molar-refractivity contribution is 6.01. The summed E-state index contributed by atoms with van der Waals surface area (Å²) < 4.78 is 11.2. The molecule has 108 valence electrons. The molecule has 1 aliphatic heterocycles. The lowest BCUT2D eigenvalue weighted by molar-refractivity contribution is 0.341. The number of hydrogen-bond acceptors (Lipinski definition) is 4. The number of nitrogens with zero attached hydrogens (tertiary/aromatic N) is 1. The minimum absolute atomic E-state index is 0.386. The van der Waals surface area contributed by atoms with Crippen LogP contribution in [0.1, 0.15) is 6.92 Å². The molecule has 0 saturated heterocycles. The van der Waals surface area contributed by atoms with Crippen molar-refractivity contribution in [2.75, 3.05) is 24.3 Å². The van der Waals surface area contributed by atoms with E-state index in [1.54, 1.807) is 0 Å². The van der Waals surface area contributed by atoms with Crippen molar-refractivity contribution >= 4 is 22.9 Å². The number of nitrogens with one attached hydrogen (secondary N) is 1. The first-order chi connectivity index (χ1) is 10.3. The third kappa shape index (κ3) is 2.91. The first-order valence-corrected chi connectivity index (χ1v) is 6.85. The summed E-state index contributed by atoms with van der Waals surface area (Å²) in [7, 11) is 0. The number of hydrogen-bond donors (Lipinski definition) is 2. The fraction of sp³-hybridized carbons (Fsp3) is 0.188. The molecule has 0 amide bonds. The lowest BCUT2D eigenvalue weighted by Crippen LogP contribution is -2.25. The van der Waals surface area contributed by atoms with E-state index in [1.165, 1.54) is 0 Å². The van der Waals surface area contributed by atoms with E-state index in [1.807, 2.05) is 49.4 Å². The van der Waals surface area contributed by atoms with Crippen molar-refractivity contribution in [3.8, 4) is 11.5 Å². The molecule has 0 unspecified atom stereocenters. The molecular weight excluding hydrogens is 266 g/mol. The Morgan fingerprint density at radius 3 is 3.00 bits per heavy atom. The SMILES string of the molecule is CCOc1ccccc1N=C1COc2ccc(N)cc2N1. The summed E-state index contributed by atoms with van der Waals surface area (Å²) in [5, 5.41) is 3.25. The number of aliphatic imine (C=N–C) groups is 1. The monoisotopic (exact) mass is 283 g/mol. The Labute approximate surface area is 123 Å². The molecule has 5 nitrogen and oxygen atoms in total. The molecule has 0 saturated carbocycles. The van der Waals surface area contributed by atoms with Gasteiger partial charge in [-0.2, -0.15) is 0 Å². The average molecular weight is 283 g/mol. The van der Waals surface area contributed by atoms with E-state index in [0.717, 1.165) is 28.7 Å². The number of para-hydroxylation sites is 2. The van der Waals surface area contributed by atoms with E-state index < -0.39 is 0 Å². The predicted molar refractivity (Wildman–Crippen MR) is 84.7 cm³/mol. The minimum Gasteiger partial charge on any atom is -0.492 e. The van der Waals surface area contributed by atoms with Crippen LogP contribution in [0.15, 0.2) is 47.5 Å². The molecule has 1 aliphatic rings. The Morgan fingerprint density at radius 1 is 1.29 bits per heavy atom. The molecule has 0 aliphatic carbocycles. The van der Waals surface area contributed by atoms with Crippen molar-refractivity contribution in [2.45, 2.75) is 6.92 Å². The number of benzene rings is 2. The summed E-state index contributed by atoms with van der Waals surface area (Å²) in [6.07, 6.45) is 0. The van der Waals surface area contributed by atoms with E-state index in [-0.39, 0.29) is 0 Å². The molecule has 3 rings (SSSR count). The molecule has 0 radical (unpaired) electrons. The van der Waals surface area contributed by atoms with Gasteiger partial charge in [0.2, 0.25) is 0 Å². The number of fused-ring (bicyclic) bond motifs is 1. The molecule has 5 heteroatoms. The van der Waals surface area contributed by atoms with Gasteiger partial charge in [-0.1, -0.05) is 12.1 Å². The van der Waals surface area contributed by atoms with Crippen LogP contribution in [0.5, 0.6) is 11.5 Å². The third-order valence-electron chi connectivity index (χ3n) is 3.07. The van der Waals surface area contributed by atoms with Gasteiger partial charge in [0.05, 0.1) is 12.3 Å². The summed E-state index contributed by atoms with van der Waals surface area (Å²) in [5.74, 6) is 2.26. The van der Waals surface area contributed by atoms with Gasteiger partial charge in [0.15, 0.2) is 0 Å². The smallest absolute Gasteiger partial charge is 0.146 e. The maximum atomic E-state index is 5.79. The van der Waals surface area contributed by atoms with Crippen LogP contribution in [0.3, 0.4) is 0 Å². The Bertz CT molecular complexity index is 683. The zero-order valence-corrected chi connectivity index (χ0v) is 11.8. The summed E-state index contributed by atoms with van der Waals surface area (Å²) >= 11 is 0. The number of nitrogens with two attached hydrogens (primary N) is 1. The molecule has 2 aromatic rings. The number of nitrogen functional groups attached to an aromatic ring is 1. The van der Waals surface area contributed by atoms with Crippen LogP contribution >= 0.6 is 0 Å². The Kier molecular flexibility index (Phi) is 3.64. The van der Waals surface area contributed by atoms with Crippen LogP contribution in [0.2, 0.25) is 0 Å². The number of amidine groups is 1. The lowest BCUT2D eigenvalue weighted by Gasteiger charge is -2.21. The van der Waals surface area contributed by atoms with Gasteiger partial charge < -0.3 is 20.5 Å². The highest BCUT2D eigenvalue weighted by atomic mass is 16.5. The van der Waals surface area contributed by atoms with Crippen LogP contribution in [0.4, 0.5) is 17.1 Å². The molecular formula is C16H17N3O2. The van der Waals surface area contributed by atoms with Gasteiger partial charge in [-0.15, -0.1) is 0 Å². The first kappa shape index (κ1) is 13.3. The Hall–Kier alpha value is -2.69. The molecule has 3 N–H and O–H groups in total. The number of anilines is 2. The second-order valence-corrected chi connectivity index (χ2v) is 4.63. The zero-order valence-electron chi connectivity index (χ0n) is 11.8. The fourth-order valence-corrected chi connectivity index (χ4v) is 2.14. The summed E-state index contributed by atoms with van der Waals surface area (Å²) in [4.78, 5) is 4.58. The minimum atomic E-state index is 0.386. The molecule has 0 atom stereocenters. The van der Waals surface area contributed by atoms with Crippen molar-refractivity contribution in [1.29, 1.82) is 0 Å². The molecule has 0 spiro atoms. The third-order valence-corrected chi connectivity index (χ3v) is 3.07. The zero-order chi connectivity index (χ0) is 14.7. The Morgan fingerprint density at radius 2 is 2.14 bits per heavy atom. The maximum absolute atomic E-state index is 5.79. The molecule has 0 fully saturated rings. The van der Waals surface area contributed by atoms with Gasteiger partial charge in [-0.3, -0.25) is 0 Å². The molecule has 0 bridgehead atoms. The first-order valence-electron chi connectivity index (χ1n) is 6.85. The highest BCUT2D eigenvalue weighted by Gasteiger charge is 2.15. The normalized spacial score (nSPS) is 15.0. The van der Waals surface area contributed by atoms with Gasteiger partial charge in [-0.05, 0) is 37.3 Å². The number of rotatable bonds is 3. The summed E-state index contributed by atoms with van der Waals surface area (Å²) in [5.41, 5.74) is 8.07. The van der Waals surface area contributed by atoms with E-state index in [0.29, 0.717) is 18.9 Å². The van der Waals surface area contributed by atoms with Crippen molar-refractivity contribution in [2.24, 2.45) is 4.99 Å². The molecule has 2 aromatic carbocycles. The van der Waals surface area contributed by atoms with Gasteiger partial charge in [-0.25, -0.2) is 4.99 Å². The van der Waals surface area contributed by atoms with Crippen molar-refractivity contribution in [3.63, 3.8) is 0 Å². The van der Waals surface area contributed by atoms with Crippen LogP contribution in [0.25, 0.3) is 0 Å². The van der Waals surface area contributed by atoms with Crippen molar-refractivity contribution in [1.82, 2.24) is 0 Å². The van der Waals surface area contributed by atoms with Gasteiger partial charge in [0, 0.05) is 5.69 Å². The number of ether oxygens (including phenoxy) is 2. The van der Waals surface area contributed by atoms with E-state index in [9.17, 15) is 0 Å². The van der Waals surface area contributed by atoms with Gasteiger partial charge in [0.1, 0.15) is 29.6 Å². The van der Waals surface area contributed by atoms with Gasteiger partial charge >= 0.3 is 0 Å². The summed E-state index contributed by atoms with van der Waals surface area (Å²) in [6, 6.07) is 13.2.